The van der Waals surface area contributed by atoms with Gasteiger partial charge in [-0.2, -0.15) is 0 Å². The lowest BCUT2D eigenvalue weighted by atomic mass is 10.2. The number of aryl methyl sites for hydroxylation is 1. The summed E-state index contributed by atoms with van der Waals surface area (Å²) in [5.41, 5.74) is 3.67. The van der Waals surface area contributed by atoms with Crippen LogP contribution >= 0.6 is 0 Å². The summed E-state index contributed by atoms with van der Waals surface area (Å²) in [7, 11) is 0. The maximum Gasteiger partial charge on any atom is 0.0406 e. The lowest BCUT2D eigenvalue weighted by Gasteiger charge is -2.20. The molecule has 0 amide bonds. The smallest absolute Gasteiger partial charge is 0.0406 e. The molecule has 0 aliphatic rings. The molecule has 1 aromatic carbocycles. The van der Waals surface area contributed by atoms with Crippen LogP contribution in [0.25, 0.3) is 0 Å². The minimum absolute atomic E-state index is 0.952. The van der Waals surface area contributed by atoms with Crippen molar-refractivity contribution in [1.82, 2.24) is 5.32 Å². The van der Waals surface area contributed by atoms with Crippen molar-refractivity contribution in [1.29, 1.82) is 0 Å². The first kappa shape index (κ1) is 20.8. The molecule has 0 aliphatic carbocycles. The summed E-state index contributed by atoms with van der Waals surface area (Å²) in [6, 6.07) is 8.69. The molecule has 2 nitrogen and oxygen atoms in total. The van der Waals surface area contributed by atoms with E-state index in [1.807, 2.05) is 0 Å². The molecular formula is C23H34N2. The lowest BCUT2D eigenvalue weighted by molar-refractivity contribution is 0.732. The number of nitrogens with one attached hydrogen (secondary N) is 1. The third-order valence-electron chi connectivity index (χ3n) is 3.98. The molecule has 1 rings (SSSR count). The molecule has 0 spiro atoms. The summed E-state index contributed by atoms with van der Waals surface area (Å²) in [6.45, 7) is 12.4. The van der Waals surface area contributed by atoms with E-state index < -0.39 is 0 Å². The average molecular weight is 339 g/mol. The molecule has 2 heteroatoms. The summed E-state index contributed by atoms with van der Waals surface area (Å²) in [5, 5.41) is 3.37. The zero-order chi connectivity index (χ0) is 18.3. The van der Waals surface area contributed by atoms with Gasteiger partial charge in [0, 0.05) is 31.2 Å². The summed E-state index contributed by atoms with van der Waals surface area (Å²) in [4.78, 5) is 2.29. The molecular weight excluding hydrogens is 304 g/mol. The van der Waals surface area contributed by atoms with E-state index in [4.69, 9.17) is 0 Å². The third-order valence-corrected chi connectivity index (χ3v) is 3.98. The van der Waals surface area contributed by atoms with Crippen LogP contribution in [-0.4, -0.2) is 13.1 Å². The van der Waals surface area contributed by atoms with Crippen LogP contribution in [0.4, 0.5) is 5.69 Å². The largest absolute Gasteiger partial charge is 0.390 e. The van der Waals surface area contributed by atoms with E-state index in [2.05, 4.69) is 98.5 Å². The van der Waals surface area contributed by atoms with Crippen LogP contribution in [0.3, 0.4) is 0 Å². The summed E-state index contributed by atoms with van der Waals surface area (Å²) in [6.07, 6.45) is 17.1. The van der Waals surface area contributed by atoms with Crippen molar-refractivity contribution in [2.75, 3.05) is 18.0 Å². The second kappa shape index (κ2) is 13.1. The van der Waals surface area contributed by atoms with E-state index >= 15 is 0 Å². The van der Waals surface area contributed by atoms with Crippen molar-refractivity contribution in [3.05, 3.63) is 78.7 Å². The van der Waals surface area contributed by atoms with Gasteiger partial charge >= 0.3 is 0 Å². The molecule has 25 heavy (non-hydrogen) atoms. The highest BCUT2D eigenvalue weighted by atomic mass is 15.1. The van der Waals surface area contributed by atoms with Gasteiger partial charge in [-0.25, -0.2) is 0 Å². The fraction of sp³-hybridized carbons (Fsp3) is 0.391. The van der Waals surface area contributed by atoms with Crippen molar-refractivity contribution in [3.63, 3.8) is 0 Å². The Morgan fingerprint density at radius 1 is 1.16 bits per heavy atom. The Kier molecular flexibility index (Phi) is 10.9. The zero-order valence-electron chi connectivity index (χ0n) is 16.2. The van der Waals surface area contributed by atoms with E-state index in [-0.39, 0.29) is 0 Å². The predicted molar refractivity (Wildman–Crippen MR) is 113 cm³/mol. The van der Waals surface area contributed by atoms with Crippen LogP contribution in [0, 0.1) is 6.92 Å². The van der Waals surface area contributed by atoms with Crippen LogP contribution in [0.15, 0.2) is 73.1 Å². The van der Waals surface area contributed by atoms with Gasteiger partial charge in [0.15, 0.2) is 0 Å². The van der Waals surface area contributed by atoms with Crippen molar-refractivity contribution < 1.29 is 0 Å². The zero-order valence-corrected chi connectivity index (χ0v) is 16.2. The quantitative estimate of drug-likeness (QED) is 0.364. The SMILES string of the molecule is C=C(/C=C\C=C/CCN(/C=C\NCCCC)c1ccc(C)cc1)CC. The number of nitrogens with zero attached hydrogens (tertiary/aromatic N) is 1. The van der Waals surface area contributed by atoms with Gasteiger partial charge in [0.25, 0.3) is 0 Å². The monoisotopic (exact) mass is 338 g/mol. The molecule has 1 aromatic rings. The van der Waals surface area contributed by atoms with Crippen LogP contribution in [0.5, 0.6) is 0 Å². The van der Waals surface area contributed by atoms with E-state index in [0.717, 1.165) is 31.5 Å². The van der Waals surface area contributed by atoms with Gasteiger partial charge in [0.2, 0.25) is 0 Å². The second-order valence-electron chi connectivity index (χ2n) is 6.24. The molecule has 0 aliphatic heterocycles. The fourth-order valence-electron chi connectivity index (χ4n) is 2.23. The highest BCUT2D eigenvalue weighted by Crippen LogP contribution is 2.16. The number of rotatable bonds is 12. The maximum absolute atomic E-state index is 3.98. The summed E-state index contributed by atoms with van der Waals surface area (Å²) < 4.78 is 0. The number of hydrogen-bond donors (Lipinski definition) is 1. The second-order valence-corrected chi connectivity index (χ2v) is 6.24. The van der Waals surface area contributed by atoms with Crippen molar-refractivity contribution in [2.45, 2.75) is 46.5 Å². The molecule has 0 unspecified atom stereocenters. The van der Waals surface area contributed by atoms with Crippen molar-refractivity contribution in [2.24, 2.45) is 0 Å². The van der Waals surface area contributed by atoms with Gasteiger partial charge in [-0.3, -0.25) is 0 Å². The van der Waals surface area contributed by atoms with Gasteiger partial charge in [0.05, 0.1) is 0 Å². The first-order valence-corrected chi connectivity index (χ1v) is 9.41. The number of anilines is 1. The van der Waals surface area contributed by atoms with E-state index in [1.54, 1.807) is 0 Å². The number of allylic oxidation sites excluding steroid dienone is 4. The van der Waals surface area contributed by atoms with E-state index in [0.29, 0.717) is 0 Å². The van der Waals surface area contributed by atoms with E-state index in [9.17, 15) is 0 Å². The van der Waals surface area contributed by atoms with Gasteiger partial charge in [-0.1, -0.05) is 74.4 Å². The number of unbranched alkanes of at least 4 members (excludes halogenated alkanes) is 1. The fourth-order valence-corrected chi connectivity index (χ4v) is 2.23. The average Bonchev–Trinajstić information content (AvgIpc) is 2.63. The van der Waals surface area contributed by atoms with Gasteiger partial charge in [-0.05, 0) is 38.3 Å². The Morgan fingerprint density at radius 3 is 2.60 bits per heavy atom. The molecule has 0 bridgehead atoms. The molecule has 0 heterocycles. The topological polar surface area (TPSA) is 15.3 Å². The molecule has 0 radical (unpaired) electrons. The Hall–Kier alpha value is -2.22. The predicted octanol–water partition coefficient (Wildman–Crippen LogP) is 6.13. The molecule has 0 aromatic heterocycles. The molecule has 0 saturated heterocycles. The lowest BCUT2D eigenvalue weighted by Crippen LogP contribution is -2.18. The Bertz CT molecular complexity index is 564. The minimum atomic E-state index is 0.952. The Labute approximate surface area is 154 Å². The molecule has 0 fully saturated rings. The Balaban J connectivity index is 2.58. The molecule has 1 N–H and O–H groups in total. The Morgan fingerprint density at radius 2 is 1.92 bits per heavy atom. The maximum atomic E-state index is 3.98. The molecule has 0 atom stereocenters. The van der Waals surface area contributed by atoms with Crippen LogP contribution in [0.1, 0.15) is 45.1 Å². The van der Waals surface area contributed by atoms with Gasteiger partial charge < -0.3 is 10.2 Å². The van der Waals surface area contributed by atoms with Crippen molar-refractivity contribution in [3.8, 4) is 0 Å². The van der Waals surface area contributed by atoms with Crippen molar-refractivity contribution >= 4 is 5.69 Å². The molecule has 0 saturated carbocycles. The summed E-state index contributed by atoms with van der Waals surface area (Å²) >= 11 is 0. The van der Waals surface area contributed by atoms with Crippen LogP contribution < -0.4 is 10.2 Å². The van der Waals surface area contributed by atoms with E-state index in [1.165, 1.54) is 24.1 Å². The highest BCUT2D eigenvalue weighted by molar-refractivity contribution is 5.50. The first-order chi connectivity index (χ1) is 12.2. The standard InChI is InChI=1S/C23H34N2/c1-5-7-17-24-18-20-25(23-15-13-22(4)14-16-23)19-11-9-8-10-12-21(3)6-2/h8-10,12-16,18,20,24H,3,5-7,11,17,19H2,1-2,4H3/b9-8-,12-10-,20-18-. The van der Waals surface area contributed by atoms with Crippen LogP contribution in [0.2, 0.25) is 0 Å². The normalized spacial score (nSPS) is 11.6. The molecule has 136 valence electrons. The summed E-state index contributed by atoms with van der Waals surface area (Å²) in [5.74, 6) is 0. The first-order valence-electron chi connectivity index (χ1n) is 9.41. The number of hydrogen-bond acceptors (Lipinski definition) is 2. The van der Waals surface area contributed by atoms with Gasteiger partial charge in [0.1, 0.15) is 0 Å². The van der Waals surface area contributed by atoms with Gasteiger partial charge in [-0.15, -0.1) is 0 Å². The third kappa shape index (κ3) is 9.61. The minimum Gasteiger partial charge on any atom is -0.390 e. The van der Waals surface area contributed by atoms with Crippen LogP contribution in [-0.2, 0) is 0 Å². The highest BCUT2D eigenvalue weighted by Gasteiger charge is 2.01. The number of benzene rings is 1.